The fourth-order valence-electron chi connectivity index (χ4n) is 3.41. The Hall–Kier alpha value is -2.02. The quantitative estimate of drug-likeness (QED) is 0.612. The van der Waals surface area contributed by atoms with Crippen LogP contribution in [-0.4, -0.2) is 24.3 Å². The molecule has 6 heteroatoms. The third-order valence-corrected chi connectivity index (χ3v) is 7.59. The summed E-state index contributed by atoms with van der Waals surface area (Å²) in [6, 6.07) is 15.6. The Morgan fingerprint density at radius 2 is 1.89 bits per heavy atom. The molecular formula is C21H22N2O2S2. The number of piperidine rings is 1. The van der Waals surface area contributed by atoms with E-state index in [2.05, 4.69) is 0 Å². The highest BCUT2D eigenvalue weighted by Gasteiger charge is 2.33. The second-order valence-corrected chi connectivity index (χ2v) is 9.73. The molecule has 0 bridgehead atoms. The number of para-hydroxylation sites is 1. The Morgan fingerprint density at radius 3 is 2.67 bits per heavy atom. The van der Waals surface area contributed by atoms with Crippen LogP contribution in [0.4, 0.5) is 0 Å². The molecule has 1 unspecified atom stereocenters. The zero-order valence-electron chi connectivity index (χ0n) is 15.2. The highest BCUT2D eigenvalue weighted by Crippen LogP contribution is 2.37. The smallest absolute Gasteiger partial charge is 0.236 e. The van der Waals surface area contributed by atoms with Gasteiger partial charge in [-0.15, -0.1) is 11.3 Å². The van der Waals surface area contributed by atoms with E-state index < -0.39 is 10.0 Å². The molecular weight excluding hydrogens is 376 g/mol. The van der Waals surface area contributed by atoms with Gasteiger partial charge in [0.2, 0.25) is 10.0 Å². The number of aryl methyl sites for hydroxylation is 1. The lowest BCUT2D eigenvalue weighted by atomic mass is 10.1. The first-order valence-electron chi connectivity index (χ1n) is 9.15. The lowest BCUT2D eigenvalue weighted by molar-refractivity contribution is 0.258. The zero-order valence-corrected chi connectivity index (χ0v) is 16.8. The SMILES string of the molecule is Cc1ccc(C=CS(=O)(=O)N2CCCCC2c2nc3ccccc3s2)cc1. The van der Waals surface area contributed by atoms with E-state index >= 15 is 0 Å². The molecule has 1 saturated heterocycles. The molecule has 0 spiro atoms. The van der Waals surface area contributed by atoms with Crippen LogP contribution in [0.3, 0.4) is 0 Å². The Morgan fingerprint density at radius 1 is 1.11 bits per heavy atom. The van der Waals surface area contributed by atoms with E-state index in [4.69, 9.17) is 4.98 Å². The number of hydrogen-bond acceptors (Lipinski definition) is 4. The second kappa shape index (κ2) is 7.54. The lowest BCUT2D eigenvalue weighted by Crippen LogP contribution is -2.37. The van der Waals surface area contributed by atoms with Crippen LogP contribution in [0.25, 0.3) is 16.3 Å². The average Bonchev–Trinajstić information content (AvgIpc) is 3.12. The van der Waals surface area contributed by atoms with Gasteiger partial charge in [-0.2, -0.15) is 4.31 Å². The molecule has 1 aliphatic rings. The first-order valence-corrected chi connectivity index (χ1v) is 11.5. The van der Waals surface area contributed by atoms with Crippen molar-refractivity contribution in [3.05, 3.63) is 70.1 Å². The molecule has 4 nitrogen and oxygen atoms in total. The van der Waals surface area contributed by atoms with Crippen molar-refractivity contribution in [2.45, 2.75) is 32.2 Å². The van der Waals surface area contributed by atoms with E-state index in [9.17, 15) is 8.42 Å². The molecule has 1 fully saturated rings. The van der Waals surface area contributed by atoms with E-state index in [-0.39, 0.29) is 6.04 Å². The fourth-order valence-corrected chi connectivity index (χ4v) is 6.02. The fraction of sp³-hybridized carbons (Fsp3) is 0.286. The second-order valence-electron chi connectivity index (χ2n) is 6.90. The first-order chi connectivity index (χ1) is 13.0. The van der Waals surface area contributed by atoms with Gasteiger partial charge in [0.05, 0.1) is 16.3 Å². The van der Waals surface area contributed by atoms with Crippen molar-refractivity contribution in [2.24, 2.45) is 0 Å². The summed E-state index contributed by atoms with van der Waals surface area (Å²) < 4.78 is 28.8. The van der Waals surface area contributed by atoms with Gasteiger partial charge >= 0.3 is 0 Å². The third kappa shape index (κ3) is 3.98. The van der Waals surface area contributed by atoms with Crippen molar-refractivity contribution >= 4 is 37.7 Å². The molecule has 1 aromatic heterocycles. The van der Waals surface area contributed by atoms with Crippen LogP contribution >= 0.6 is 11.3 Å². The molecule has 2 heterocycles. The minimum Gasteiger partial charge on any atom is -0.239 e. The van der Waals surface area contributed by atoms with Gasteiger partial charge in [0, 0.05) is 12.0 Å². The van der Waals surface area contributed by atoms with E-state index in [0.717, 1.165) is 45.6 Å². The summed E-state index contributed by atoms with van der Waals surface area (Å²) in [5, 5.41) is 2.23. The molecule has 4 rings (SSSR count). The largest absolute Gasteiger partial charge is 0.239 e. The first kappa shape index (κ1) is 18.3. The van der Waals surface area contributed by atoms with Crippen molar-refractivity contribution in [1.82, 2.24) is 9.29 Å². The number of thiazole rings is 1. The Bertz CT molecular complexity index is 1040. The summed E-state index contributed by atoms with van der Waals surface area (Å²) >= 11 is 1.60. The number of fused-ring (bicyclic) bond motifs is 1. The Balaban J connectivity index is 1.63. The maximum absolute atomic E-state index is 13.0. The number of nitrogens with zero attached hydrogens (tertiary/aromatic N) is 2. The monoisotopic (exact) mass is 398 g/mol. The summed E-state index contributed by atoms with van der Waals surface area (Å²) in [6.45, 7) is 2.56. The van der Waals surface area contributed by atoms with Crippen LogP contribution in [-0.2, 0) is 10.0 Å². The van der Waals surface area contributed by atoms with Crippen LogP contribution in [0.5, 0.6) is 0 Å². The highest BCUT2D eigenvalue weighted by atomic mass is 32.2. The predicted molar refractivity (Wildman–Crippen MR) is 112 cm³/mol. The predicted octanol–water partition coefficient (Wildman–Crippen LogP) is 5.13. The maximum atomic E-state index is 13.0. The summed E-state index contributed by atoms with van der Waals surface area (Å²) in [7, 11) is -3.51. The van der Waals surface area contributed by atoms with Crippen LogP contribution in [0.1, 0.15) is 41.4 Å². The average molecular weight is 399 g/mol. The third-order valence-electron chi connectivity index (χ3n) is 4.89. The minimum absolute atomic E-state index is 0.177. The van der Waals surface area contributed by atoms with Gasteiger partial charge in [0.15, 0.2) is 0 Å². The van der Waals surface area contributed by atoms with E-state index in [1.807, 2.05) is 55.5 Å². The highest BCUT2D eigenvalue weighted by molar-refractivity contribution is 7.92. The minimum atomic E-state index is -3.51. The molecule has 2 aromatic carbocycles. The molecule has 140 valence electrons. The normalized spacial score (nSPS) is 19.1. The number of sulfonamides is 1. The van der Waals surface area contributed by atoms with Gasteiger partial charge in [-0.1, -0.05) is 48.4 Å². The van der Waals surface area contributed by atoms with Gasteiger partial charge in [-0.3, -0.25) is 0 Å². The molecule has 0 radical (unpaired) electrons. The topological polar surface area (TPSA) is 50.3 Å². The number of rotatable bonds is 4. The van der Waals surface area contributed by atoms with Gasteiger partial charge in [0.1, 0.15) is 5.01 Å². The van der Waals surface area contributed by atoms with Crippen molar-refractivity contribution in [3.63, 3.8) is 0 Å². The van der Waals surface area contributed by atoms with E-state index in [1.165, 1.54) is 5.41 Å². The van der Waals surface area contributed by atoms with Crippen LogP contribution < -0.4 is 0 Å². The van der Waals surface area contributed by atoms with Crippen molar-refractivity contribution in [2.75, 3.05) is 6.54 Å². The van der Waals surface area contributed by atoms with Crippen molar-refractivity contribution < 1.29 is 8.42 Å². The summed E-state index contributed by atoms with van der Waals surface area (Å²) in [6.07, 6.45) is 4.41. The van der Waals surface area contributed by atoms with Crippen molar-refractivity contribution in [1.29, 1.82) is 0 Å². The number of hydrogen-bond donors (Lipinski definition) is 0. The van der Waals surface area contributed by atoms with Gasteiger partial charge in [0.25, 0.3) is 0 Å². The van der Waals surface area contributed by atoms with Gasteiger partial charge < -0.3 is 0 Å². The zero-order chi connectivity index (χ0) is 18.9. The van der Waals surface area contributed by atoms with Crippen LogP contribution in [0.2, 0.25) is 0 Å². The lowest BCUT2D eigenvalue weighted by Gasteiger charge is -2.32. The Kier molecular flexibility index (Phi) is 5.12. The maximum Gasteiger partial charge on any atom is 0.236 e. The number of aromatic nitrogens is 1. The van der Waals surface area contributed by atoms with E-state index in [0.29, 0.717) is 6.54 Å². The summed E-state index contributed by atoms with van der Waals surface area (Å²) in [4.78, 5) is 4.72. The van der Waals surface area contributed by atoms with Gasteiger partial charge in [-0.25, -0.2) is 13.4 Å². The number of benzene rings is 2. The standard InChI is InChI=1S/C21H22N2O2S2/c1-16-9-11-17(12-10-16)13-15-27(24,25)23-14-5-4-7-19(23)21-22-18-6-2-3-8-20(18)26-21/h2-3,6,8-13,15,19H,4-5,7,14H2,1H3. The molecule has 27 heavy (non-hydrogen) atoms. The molecule has 1 atom stereocenters. The summed E-state index contributed by atoms with van der Waals surface area (Å²) in [5.74, 6) is 0. The molecule has 1 aliphatic heterocycles. The molecule has 0 amide bonds. The van der Waals surface area contributed by atoms with Crippen molar-refractivity contribution in [3.8, 4) is 0 Å². The molecule has 0 saturated carbocycles. The van der Waals surface area contributed by atoms with E-state index in [1.54, 1.807) is 21.7 Å². The van der Waals surface area contributed by atoms with Gasteiger partial charge in [-0.05, 0) is 43.5 Å². The summed E-state index contributed by atoms with van der Waals surface area (Å²) in [5.41, 5.74) is 2.98. The Labute approximate surface area is 164 Å². The molecule has 0 aliphatic carbocycles. The molecule has 3 aromatic rings. The van der Waals surface area contributed by atoms with Crippen LogP contribution in [0, 0.1) is 6.92 Å². The molecule has 0 N–H and O–H groups in total. The van der Waals surface area contributed by atoms with Crippen LogP contribution in [0.15, 0.2) is 53.9 Å².